The van der Waals surface area contributed by atoms with E-state index >= 15 is 0 Å². The van der Waals surface area contributed by atoms with Gasteiger partial charge in [0.15, 0.2) is 0 Å². The Hall–Kier alpha value is -2.88. The van der Waals surface area contributed by atoms with E-state index in [1.807, 2.05) is 30.3 Å². The fraction of sp³-hybridized carbons (Fsp3) is 0.273. The molecule has 1 saturated carbocycles. The predicted octanol–water partition coefficient (Wildman–Crippen LogP) is 5.52. The van der Waals surface area contributed by atoms with Gasteiger partial charge in [-0.3, -0.25) is 0 Å². The number of nitrogens with two attached hydrogens (primary N) is 1. The van der Waals surface area contributed by atoms with Gasteiger partial charge < -0.3 is 11.1 Å². The van der Waals surface area contributed by atoms with E-state index in [2.05, 4.69) is 39.6 Å². The first-order valence-electron chi connectivity index (χ1n) is 9.33. The molecule has 4 heteroatoms. The van der Waals surface area contributed by atoms with Crippen LogP contribution in [-0.2, 0) is 0 Å². The molecule has 1 aliphatic rings. The molecule has 4 rings (SSSR count). The summed E-state index contributed by atoms with van der Waals surface area (Å²) in [6, 6.07) is 18.5. The average Bonchev–Trinajstić information content (AvgIpc) is 2.69. The quantitative estimate of drug-likeness (QED) is 0.612. The van der Waals surface area contributed by atoms with Gasteiger partial charge in [0.05, 0.1) is 5.69 Å². The zero-order chi connectivity index (χ0) is 17.8. The van der Waals surface area contributed by atoms with E-state index in [0.29, 0.717) is 0 Å². The van der Waals surface area contributed by atoms with Crippen molar-refractivity contribution in [3.05, 3.63) is 66.5 Å². The Bertz CT molecular complexity index is 867. The van der Waals surface area contributed by atoms with Crippen LogP contribution in [0, 0.1) is 0 Å². The highest BCUT2D eigenvalue weighted by molar-refractivity contribution is 5.67. The summed E-state index contributed by atoms with van der Waals surface area (Å²) >= 11 is 0. The van der Waals surface area contributed by atoms with Crippen LogP contribution in [0.5, 0.6) is 0 Å². The molecule has 3 N–H and O–H groups in total. The van der Waals surface area contributed by atoms with Crippen molar-refractivity contribution in [1.29, 1.82) is 0 Å². The molecule has 2 aromatic carbocycles. The summed E-state index contributed by atoms with van der Waals surface area (Å²) in [5, 5.41) is 3.38. The second kappa shape index (κ2) is 7.56. The molecule has 3 aromatic rings. The molecule has 1 aliphatic carbocycles. The molecule has 132 valence electrons. The Morgan fingerprint density at radius 3 is 2.46 bits per heavy atom. The minimum absolute atomic E-state index is 0.729. The number of nitrogens with zero attached hydrogens (tertiary/aromatic N) is 2. The summed E-state index contributed by atoms with van der Waals surface area (Å²) in [6.07, 6.45) is 8.33. The van der Waals surface area contributed by atoms with E-state index < -0.39 is 0 Å². The minimum Gasteiger partial charge on any atom is -0.399 e. The summed E-state index contributed by atoms with van der Waals surface area (Å²) in [7, 11) is 0. The van der Waals surface area contributed by atoms with Crippen molar-refractivity contribution < 1.29 is 0 Å². The molecule has 1 fully saturated rings. The molecule has 1 heterocycles. The van der Waals surface area contributed by atoms with Gasteiger partial charge >= 0.3 is 0 Å². The van der Waals surface area contributed by atoms with Crippen LogP contribution in [-0.4, -0.2) is 9.97 Å². The third kappa shape index (κ3) is 3.85. The van der Waals surface area contributed by atoms with Crippen LogP contribution in [0.3, 0.4) is 0 Å². The van der Waals surface area contributed by atoms with Crippen molar-refractivity contribution in [2.24, 2.45) is 0 Å². The van der Waals surface area contributed by atoms with E-state index in [-0.39, 0.29) is 0 Å². The summed E-state index contributed by atoms with van der Waals surface area (Å²) in [5.41, 5.74) is 10.9. The van der Waals surface area contributed by atoms with Gasteiger partial charge in [0.2, 0.25) is 0 Å². The van der Waals surface area contributed by atoms with Crippen LogP contribution in [0.4, 0.5) is 17.2 Å². The van der Waals surface area contributed by atoms with E-state index in [4.69, 9.17) is 5.73 Å². The smallest absolute Gasteiger partial charge is 0.134 e. The van der Waals surface area contributed by atoms with Gasteiger partial charge in [-0.15, -0.1) is 0 Å². The SMILES string of the molecule is Nc1cccc(-c2cc(Nc3ccc(C4CCCCC4)cc3)ncn2)c1. The molecule has 0 radical (unpaired) electrons. The van der Waals surface area contributed by atoms with E-state index in [1.54, 1.807) is 6.33 Å². The second-order valence-corrected chi connectivity index (χ2v) is 7.00. The van der Waals surface area contributed by atoms with Crippen LogP contribution in [0.25, 0.3) is 11.3 Å². The number of aromatic nitrogens is 2. The molecule has 0 saturated heterocycles. The number of benzene rings is 2. The van der Waals surface area contributed by atoms with Crippen molar-refractivity contribution >= 4 is 17.2 Å². The Kier molecular flexibility index (Phi) is 4.82. The average molecular weight is 344 g/mol. The second-order valence-electron chi connectivity index (χ2n) is 7.00. The Balaban J connectivity index is 1.49. The third-order valence-corrected chi connectivity index (χ3v) is 5.11. The van der Waals surface area contributed by atoms with Crippen molar-refractivity contribution in [3.63, 3.8) is 0 Å². The monoisotopic (exact) mass is 344 g/mol. The van der Waals surface area contributed by atoms with Gasteiger partial charge in [-0.25, -0.2) is 9.97 Å². The highest BCUT2D eigenvalue weighted by Crippen LogP contribution is 2.33. The summed E-state index contributed by atoms with van der Waals surface area (Å²) in [6.45, 7) is 0. The molecule has 0 spiro atoms. The highest BCUT2D eigenvalue weighted by atomic mass is 15.0. The molecule has 0 bridgehead atoms. The van der Waals surface area contributed by atoms with Gasteiger partial charge in [0, 0.05) is 23.0 Å². The van der Waals surface area contributed by atoms with Crippen LogP contribution in [0.2, 0.25) is 0 Å². The Labute approximate surface area is 154 Å². The lowest BCUT2D eigenvalue weighted by atomic mass is 9.84. The molecule has 0 amide bonds. The number of hydrogen-bond acceptors (Lipinski definition) is 4. The van der Waals surface area contributed by atoms with Gasteiger partial charge in [-0.2, -0.15) is 0 Å². The fourth-order valence-corrected chi connectivity index (χ4v) is 3.70. The maximum Gasteiger partial charge on any atom is 0.134 e. The van der Waals surface area contributed by atoms with Crippen molar-refractivity contribution in [2.75, 3.05) is 11.1 Å². The first kappa shape index (κ1) is 16.6. The predicted molar refractivity (Wildman–Crippen MR) is 107 cm³/mol. The van der Waals surface area contributed by atoms with E-state index in [0.717, 1.165) is 34.4 Å². The maximum atomic E-state index is 5.87. The number of hydrogen-bond donors (Lipinski definition) is 2. The zero-order valence-corrected chi connectivity index (χ0v) is 14.9. The maximum absolute atomic E-state index is 5.87. The fourth-order valence-electron chi connectivity index (χ4n) is 3.70. The molecule has 0 aliphatic heterocycles. The topological polar surface area (TPSA) is 63.8 Å². The van der Waals surface area contributed by atoms with Crippen LogP contribution in [0.1, 0.15) is 43.6 Å². The van der Waals surface area contributed by atoms with Crippen molar-refractivity contribution in [2.45, 2.75) is 38.0 Å². The number of nitrogen functional groups attached to an aromatic ring is 1. The van der Waals surface area contributed by atoms with Gasteiger partial charge in [0.25, 0.3) is 0 Å². The summed E-state index contributed by atoms with van der Waals surface area (Å²) < 4.78 is 0. The zero-order valence-electron chi connectivity index (χ0n) is 14.9. The number of rotatable bonds is 4. The Morgan fingerprint density at radius 2 is 1.69 bits per heavy atom. The highest BCUT2D eigenvalue weighted by Gasteiger charge is 2.15. The summed E-state index contributed by atoms with van der Waals surface area (Å²) in [5.74, 6) is 1.51. The lowest BCUT2D eigenvalue weighted by Gasteiger charge is -2.22. The van der Waals surface area contributed by atoms with Gasteiger partial charge in [-0.05, 0) is 48.6 Å². The molecule has 4 nitrogen and oxygen atoms in total. The number of nitrogens with one attached hydrogen (secondary N) is 1. The van der Waals surface area contributed by atoms with Crippen LogP contribution < -0.4 is 11.1 Å². The first-order chi connectivity index (χ1) is 12.8. The lowest BCUT2D eigenvalue weighted by Crippen LogP contribution is -2.04. The molecule has 0 atom stereocenters. The molecular formula is C22H24N4. The van der Waals surface area contributed by atoms with Gasteiger partial charge in [0.1, 0.15) is 12.1 Å². The minimum atomic E-state index is 0.729. The molecule has 26 heavy (non-hydrogen) atoms. The molecule has 0 unspecified atom stereocenters. The van der Waals surface area contributed by atoms with Crippen molar-refractivity contribution in [3.8, 4) is 11.3 Å². The Morgan fingerprint density at radius 1 is 0.885 bits per heavy atom. The molecule has 1 aromatic heterocycles. The van der Waals surface area contributed by atoms with Crippen LogP contribution in [0.15, 0.2) is 60.9 Å². The first-order valence-corrected chi connectivity index (χ1v) is 9.33. The van der Waals surface area contributed by atoms with Gasteiger partial charge in [-0.1, -0.05) is 43.5 Å². The lowest BCUT2D eigenvalue weighted by molar-refractivity contribution is 0.443. The van der Waals surface area contributed by atoms with E-state index in [1.165, 1.54) is 37.7 Å². The normalized spacial score (nSPS) is 14.9. The standard InChI is InChI=1S/C22H24N4/c23-19-8-4-7-18(13-19)21-14-22(25-15-24-21)26-20-11-9-17(10-12-20)16-5-2-1-3-6-16/h4,7-16H,1-3,5-6,23H2,(H,24,25,26). The largest absolute Gasteiger partial charge is 0.399 e. The third-order valence-electron chi connectivity index (χ3n) is 5.11. The number of anilines is 3. The van der Waals surface area contributed by atoms with E-state index in [9.17, 15) is 0 Å². The summed E-state index contributed by atoms with van der Waals surface area (Å²) in [4.78, 5) is 8.70. The van der Waals surface area contributed by atoms with Crippen molar-refractivity contribution in [1.82, 2.24) is 9.97 Å². The van der Waals surface area contributed by atoms with Crippen LogP contribution >= 0.6 is 0 Å². The molecular weight excluding hydrogens is 320 g/mol.